The first-order valence-electron chi connectivity index (χ1n) is 11.6. The Labute approximate surface area is 229 Å². The molecule has 0 radical (unpaired) electrons. The number of thioether (sulfide) groups is 1. The number of nitrogens with one attached hydrogen (secondary N) is 3. The molecule has 0 aliphatic carbocycles. The molecule has 0 fully saturated rings. The van der Waals surface area contributed by atoms with Crippen molar-refractivity contribution in [2.45, 2.75) is 11.8 Å². The van der Waals surface area contributed by atoms with Crippen molar-refractivity contribution in [1.82, 2.24) is 5.32 Å². The van der Waals surface area contributed by atoms with Crippen LogP contribution in [0.1, 0.15) is 21.7 Å². The smallest absolute Gasteiger partial charge is 0.272 e. The molecule has 3 amide bonds. The maximum atomic E-state index is 13.1. The molecule has 0 atom stereocenters. The second kappa shape index (κ2) is 12.8. The van der Waals surface area contributed by atoms with Crippen LogP contribution in [0.4, 0.5) is 11.4 Å². The Morgan fingerprint density at radius 3 is 2.42 bits per heavy atom. The molecule has 0 aliphatic rings. The number of carbonyl (C=O) groups is 3. The second-order valence-electron chi connectivity index (χ2n) is 8.18. The normalized spacial score (nSPS) is 11.1. The molecule has 3 aromatic carbocycles. The lowest BCUT2D eigenvalue weighted by atomic mass is 10.2. The molecule has 0 unspecified atom stereocenters. The Balaban J connectivity index is 1.40. The molecule has 0 spiro atoms. The predicted molar refractivity (Wildman–Crippen MR) is 151 cm³/mol. The number of anilines is 2. The molecule has 0 saturated heterocycles. The molecule has 3 N–H and O–H groups in total. The van der Waals surface area contributed by atoms with Crippen LogP contribution in [0.3, 0.4) is 0 Å². The molecule has 192 valence electrons. The molecular weight excluding hydrogens is 522 g/mol. The van der Waals surface area contributed by atoms with Crippen LogP contribution in [0.5, 0.6) is 0 Å². The number of carbonyl (C=O) groups excluding carboxylic acids is 3. The Kier molecular flexibility index (Phi) is 9.02. The topological polar surface area (TPSA) is 100 Å². The number of furan rings is 1. The van der Waals surface area contributed by atoms with E-state index in [4.69, 9.17) is 16.0 Å². The van der Waals surface area contributed by atoms with Gasteiger partial charge in [-0.1, -0.05) is 41.9 Å². The summed E-state index contributed by atoms with van der Waals surface area (Å²) in [5.74, 6) is -0.560. The van der Waals surface area contributed by atoms with Crippen LogP contribution in [0.15, 0.2) is 106 Å². The number of hydrogen-bond donors (Lipinski definition) is 3. The first kappa shape index (κ1) is 26.8. The van der Waals surface area contributed by atoms with E-state index < -0.39 is 11.8 Å². The van der Waals surface area contributed by atoms with Crippen LogP contribution in [-0.2, 0) is 9.59 Å². The van der Waals surface area contributed by atoms with E-state index in [2.05, 4.69) is 16.0 Å². The second-order valence-corrected chi connectivity index (χ2v) is 9.63. The molecule has 0 saturated carbocycles. The number of aryl methyl sites for hydroxylation is 1. The van der Waals surface area contributed by atoms with Gasteiger partial charge in [0.15, 0.2) is 0 Å². The zero-order valence-corrected chi connectivity index (χ0v) is 21.9. The summed E-state index contributed by atoms with van der Waals surface area (Å²) < 4.78 is 5.32. The van der Waals surface area contributed by atoms with E-state index in [1.807, 2.05) is 19.1 Å². The molecule has 7 nitrogen and oxygen atoms in total. The van der Waals surface area contributed by atoms with Crippen LogP contribution in [0, 0.1) is 6.92 Å². The highest BCUT2D eigenvalue weighted by Crippen LogP contribution is 2.24. The molecule has 0 bridgehead atoms. The molecule has 0 aliphatic heterocycles. The summed E-state index contributed by atoms with van der Waals surface area (Å²) in [6.45, 7) is 1.89. The highest BCUT2D eigenvalue weighted by Gasteiger charge is 2.16. The van der Waals surface area contributed by atoms with Crippen LogP contribution in [0.25, 0.3) is 6.08 Å². The molecule has 9 heteroatoms. The lowest BCUT2D eigenvalue weighted by molar-refractivity contribution is -0.114. The summed E-state index contributed by atoms with van der Waals surface area (Å²) in [6.07, 6.45) is 2.93. The lowest BCUT2D eigenvalue weighted by Crippen LogP contribution is -2.30. The largest absolute Gasteiger partial charge is 0.465 e. The number of amides is 3. The molecule has 38 heavy (non-hydrogen) atoms. The predicted octanol–water partition coefficient (Wildman–Crippen LogP) is 6.38. The van der Waals surface area contributed by atoms with Gasteiger partial charge in [-0.15, -0.1) is 11.8 Å². The van der Waals surface area contributed by atoms with E-state index in [1.165, 1.54) is 24.1 Å². The summed E-state index contributed by atoms with van der Waals surface area (Å²) in [7, 11) is 0. The summed E-state index contributed by atoms with van der Waals surface area (Å²) >= 11 is 7.45. The highest BCUT2D eigenvalue weighted by atomic mass is 35.5. The third-order valence-electron chi connectivity index (χ3n) is 5.28. The van der Waals surface area contributed by atoms with Gasteiger partial charge in [-0.3, -0.25) is 14.4 Å². The fourth-order valence-corrected chi connectivity index (χ4v) is 4.27. The molecule has 4 rings (SSSR count). The van der Waals surface area contributed by atoms with Crippen LogP contribution in [-0.4, -0.2) is 23.5 Å². The average molecular weight is 546 g/mol. The van der Waals surface area contributed by atoms with Crippen molar-refractivity contribution in [2.24, 2.45) is 0 Å². The SMILES string of the molecule is Cc1ccc(NC(=O)CSc2cccc(NC(=O)/C(=C/c3ccco3)NC(=O)c3ccccc3)c2)cc1Cl. The molecule has 1 heterocycles. The summed E-state index contributed by atoms with van der Waals surface area (Å²) in [5, 5.41) is 8.86. The van der Waals surface area contributed by atoms with Crippen LogP contribution in [0.2, 0.25) is 5.02 Å². The standard InChI is InChI=1S/C29H24ClN3O4S/c1-19-12-13-22(16-25(19)30)31-27(34)18-38-24-11-5-9-21(15-24)32-29(36)26(17-23-10-6-14-37-23)33-28(35)20-7-3-2-4-8-20/h2-17H,18H2,1H3,(H,31,34)(H,32,36)(H,33,35)/b26-17-. The van der Waals surface area contributed by atoms with E-state index in [0.29, 0.717) is 27.7 Å². The number of hydrogen-bond acceptors (Lipinski definition) is 5. The Bertz CT molecular complexity index is 1470. The minimum atomic E-state index is -0.526. The Hall–Kier alpha value is -4.27. The van der Waals surface area contributed by atoms with Crippen molar-refractivity contribution in [2.75, 3.05) is 16.4 Å². The number of benzene rings is 3. The zero-order valence-electron chi connectivity index (χ0n) is 20.4. The third kappa shape index (κ3) is 7.61. The fraction of sp³-hybridized carbons (Fsp3) is 0.0690. The summed E-state index contributed by atoms with van der Waals surface area (Å²) in [4.78, 5) is 39.0. The average Bonchev–Trinajstić information content (AvgIpc) is 3.43. The van der Waals surface area contributed by atoms with Gasteiger partial charge in [-0.25, -0.2) is 0 Å². The van der Waals surface area contributed by atoms with Gasteiger partial charge in [0.05, 0.1) is 12.0 Å². The van der Waals surface area contributed by atoms with Crippen molar-refractivity contribution in [3.05, 3.63) is 119 Å². The summed E-state index contributed by atoms with van der Waals surface area (Å²) in [6, 6.07) is 24.4. The van der Waals surface area contributed by atoms with Gasteiger partial charge in [-0.05, 0) is 67.1 Å². The quantitative estimate of drug-likeness (QED) is 0.167. The van der Waals surface area contributed by atoms with E-state index in [9.17, 15) is 14.4 Å². The van der Waals surface area contributed by atoms with Gasteiger partial charge in [0.25, 0.3) is 11.8 Å². The Morgan fingerprint density at radius 2 is 1.68 bits per heavy atom. The van der Waals surface area contributed by atoms with Crippen molar-refractivity contribution < 1.29 is 18.8 Å². The molecule has 4 aromatic rings. The number of halogens is 1. The van der Waals surface area contributed by atoms with Crippen molar-refractivity contribution >= 4 is 58.5 Å². The first-order chi connectivity index (χ1) is 18.4. The van der Waals surface area contributed by atoms with E-state index >= 15 is 0 Å². The van der Waals surface area contributed by atoms with E-state index in [1.54, 1.807) is 72.8 Å². The van der Waals surface area contributed by atoms with Gasteiger partial charge in [0.2, 0.25) is 5.91 Å². The van der Waals surface area contributed by atoms with Gasteiger partial charge in [0.1, 0.15) is 11.5 Å². The minimum absolute atomic E-state index is 0.0167. The molecule has 1 aromatic heterocycles. The van der Waals surface area contributed by atoms with Gasteiger partial charge < -0.3 is 20.4 Å². The minimum Gasteiger partial charge on any atom is -0.465 e. The maximum absolute atomic E-state index is 13.1. The van der Waals surface area contributed by atoms with E-state index in [-0.39, 0.29) is 17.4 Å². The fourth-order valence-electron chi connectivity index (χ4n) is 3.34. The van der Waals surface area contributed by atoms with Crippen LogP contribution < -0.4 is 16.0 Å². The first-order valence-corrected chi connectivity index (χ1v) is 13.0. The lowest BCUT2D eigenvalue weighted by Gasteiger charge is -2.12. The monoisotopic (exact) mass is 545 g/mol. The van der Waals surface area contributed by atoms with Gasteiger partial charge in [0, 0.05) is 32.9 Å². The third-order valence-corrected chi connectivity index (χ3v) is 6.68. The number of rotatable bonds is 9. The maximum Gasteiger partial charge on any atom is 0.272 e. The summed E-state index contributed by atoms with van der Waals surface area (Å²) in [5.41, 5.74) is 2.49. The van der Waals surface area contributed by atoms with Gasteiger partial charge in [-0.2, -0.15) is 0 Å². The Morgan fingerprint density at radius 1 is 0.895 bits per heavy atom. The van der Waals surface area contributed by atoms with Crippen molar-refractivity contribution in [1.29, 1.82) is 0 Å². The van der Waals surface area contributed by atoms with E-state index in [0.717, 1.165) is 10.5 Å². The molecular formula is C29H24ClN3O4S. The van der Waals surface area contributed by atoms with Crippen molar-refractivity contribution in [3.8, 4) is 0 Å². The zero-order chi connectivity index (χ0) is 26.9. The van der Waals surface area contributed by atoms with Crippen LogP contribution >= 0.6 is 23.4 Å². The van der Waals surface area contributed by atoms with Crippen molar-refractivity contribution in [3.63, 3.8) is 0 Å². The highest BCUT2D eigenvalue weighted by molar-refractivity contribution is 8.00. The van der Waals surface area contributed by atoms with Gasteiger partial charge >= 0.3 is 0 Å².